The summed E-state index contributed by atoms with van der Waals surface area (Å²) >= 11 is 0. The van der Waals surface area contributed by atoms with Crippen LogP contribution in [0.25, 0.3) is 0 Å². The molecule has 6 heteroatoms. The Morgan fingerprint density at radius 3 is 1.88 bits per heavy atom. The minimum absolute atomic E-state index is 0.0490. The van der Waals surface area contributed by atoms with Crippen molar-refractivity contribution in [3.63, 3.8) is 0 Å². The van der Waals surface area contributed by atoms with E-state index in [1.807, 2.05) is 13.0 Å². The lowest BCUT2D eigenvalue weighted by Gasteiger charge is -2.18. The number of cyclic esters (lactones) is 2. The van der Waals surface area contributed by atoms with Crippen LogP contribution >= 0.6 is 0 Å². The summed E-state index contributed by atoms with van der Waals surface area (Å²) in [5, 5.41) is 0. The van der Waals surface area contributed by atoms with E-state index < -0.39 is 6.10 Å². The number of carbonyl (C=O) groups excluding carboxylic acids is 3. The predicted molar refractivity (Wildman–Crippen MR) is 123 cm³/mol. The highest BCUT2D eigenvalue weighted by molar-refractivity contribution is 5.90. The molecule has 182 valence electrons. The van der Waals surface area contributed by atoms with Crippen molar-refractivity contribution in [2.24, 2.45) is 5.92 Å². The van der Waals surface area contributed by atoms with Gasteiger partial charge in [-0.25, -0.2) is 4.79 Å². The van der Waals surface area contributed by atoms with Crippen molar-refractivity contribution < 1.29 is 28.6 Å². The average molecular weight is 451 g/mol. The molecule has 0 aromatic heterocycles. The zero-order chi connectivity index (χ0) is 23.3. The molecule has 0 N–H and O–H groups in total. The minimum atomic E-state index is -0.431. The number of ether oxygens (including phenoxy) is 3. The van der Waals surface area contributed by atoms with Gasteiger partial charge in [0.25, 0.3) is 0 Å². The van der Waals surface area contributed by atoms with E-state index >= 15 is 0 Å². The van der Waals surface area contributed by atoms with Crippen LogP contribution in [0.5, 0.6) is 0 Å². The first-order valence-electron chi connectivity index (χ1n) is 12.7. The van der Waals surface area contributed by atoms with E-state index in [4.69, 9.17) is 14.2 Å². The molecule has 0 spiro atoms. The third-order valence-corrected chi connectivity index (χ3v) is 6.47. The van der Waals surface area contributed by atoms with E-state index in [9.17, 15) is 14.4 Å². The summed E-state index contributed by atoms with van der Waals surface area (Å²) in [5.41, 5.74) is 0.861. The zero-order valence-corrected chi connectivity index (χ0v) is 20.2. The fourth-order valence-corrected chi connectivity index (χ4v) is 4.71. The molecule has 1 saturated heterocycles. The summed E-state index contributed by atoms with van der Waals surface area (Å²) in [6.07, 6.45) is 17.1. The monoisotopic (exact) mass is 450 g/mol. The van der Waals surface area contributed by atoms with E-state index in [1.54, 1.807) is 6.92 Å². The summed E-state index contributed by atoms with van der Waals surface area (Å²) in [6, 6.07) is 0. The largest absolute Gasteiger partial charge is 0.458 e. The molecule has 0 unspecified atom stereocenters. The van der Waals surface area contributed by atoms with Crippen LogP contribution in [0.2, 0.25) is 0 Å². The van der Waals surface area contributed by atoms with E-state index in [2.05, 4.69) is 0 Å². The average Bonchev–Trinajstić information content (AvgIpc) is 3.18. The highest BCUT2D eigenvalue weighted by Gasteiger charge is 2.44. The van der Waals surface area contributed by atoms with Gasteiger partial charge in [-0.1, -0.05) is 70.6 Å². The molecular formula is C26H42O6. The summed E-state index contributed by atoms with van der Waals surface area (Å²) in [5.74, 6) is -1.01. The van der Waals surface area contributed by atoms with Crippen LogP contribution in [0.1, 0.15) is 111 Å². The maximum absolute atomic E-state index is 12.0. The molecule has 2 rings (SSSR count). The zero-order valence-electron chi connectivity index (χ0n) is 20.2. The Kier molecular flexibility index (Phi) is 11.8. The van der Waals surface area contributed by atoms with Crippen LogP contribution < -0.4 is 0 Å². The van der Waals surface area contributed by atoms with Gasteiger partial charge in [-0.05, 0) is 39.2 Å². The second kappa shape index (κ2) is 14.3. The topological polar surface area (TPSA) is 78.9 Å². The van der Waals surface area contributed by atoms with E-state index in [0.29, 0.717) is 0 Å². The summed E-state index contributed by atoms with van der Waals surface area (Å²) in [6.45, 7) is 5.07. The third-order valence-electron chi connectivity index (χ3n) is 6.47. The second-order valence-corrected chi connectivity index (χ2v) is 9.41. The first kappa shape index (κ1) is 26.4. The molecule has 0 radical (unpaired) electrons. The lowest BCUT2D eigenvalue weighted by molar-refractivity contribution is -0.150. The molecule has 6 nitrogen and oxygen atoms in total. The van der Waals surface area contributed by atoms with E-state index in [-0.39, 0.29) is 36.0 Å². The second-order valence-electron chi connectivity index (χ2n) is 9.41. The summed E-state index contributed by atoms with van der Waals surface area (Å²) in [4.78, 5) is 34.8. The smallest absolute Gasteiger partial charge is 0.334 e. The van der Waals surface area contributed by atoms with Gasteiger partial charge in [-0.15, -0.1) is 0 Å². The molecule has 32 heavy (non-hydrogen) atoms. The molecule has 0 aromatic rings. The van der Waals surface area contributed by atoms with E-state index in [0.717, 1.165) is 37.7 Å². The Hall–Kier alpha value is -1.85. The van der Waals surface area contributed by atoms with Crippen LogP contribution in [0.4, 0.5) is 0 Å². The van der Waals surface area contributed by atoms with Gasteiger partial charge in [-0.2, -0.15) is 0 Å². The van der Waals surface area contributed by atoms with Crippen molar-refractivity contribution >= 4 is 17.9 Å². The molecule has 0 aliphatic carbocycles. The first-order valence-corrected chi connectivity index (χ1v) is 12.7. The van der Waals surface area contributed by atoms with Gasteiger partial charge in [-0.3, -0.25) is 9.59 Å². The Labute approximate surface area is 193 Å². The Bertz CT molecular complexity index is 640. The fourth-order valence-electron chi connectivity index (χ4n) is 4.71. The number of hydrogen-bond donors (Lipinski definition) is 0. The van der Waals surface area contributed by atoms with Gasteiger partial charge in [0.15, 0.2) is 6.10 Å². The maximum atomic E-state index is 12.0. The van der Waals surface area contributed by atoms with Crippen molar-refractivity contribution in [3.8, 4) is 0 Å². The number of rotatable bonds is 16. The Morgan fingerprint density at radius 1 is 0.844 bits per heavy atom. The van der Waals surface area contributed by atoms with Crippen LogP contribution in [0.15, 0.2) is 11.6 Å². The quantitative estimate of drug-likeness (QED) is 0.168. The molecule has 0 aromatic carbocycles. The summed E-state index contributed by atoms with van der Waals surface area (Å²) < 4.78 is 15.7. The van der Waals surface area contributed by atoms with Crippen LogP contribution in [0, 0.1) is 5.92 Å². The highest BCUT2D eigenvalue weighted by atomic mass is 16.6. The van der Waals surface area contributed by atoms with Gasteiger partial charge >= 0.3 is 17.9 Å². The number of hydrogen-bond acceptors (Lipinski definition) is 6. The van der Waals surface area contributed by atoms with Gasteiger partial charge in [0.1, 0.15) is 12.2 Å². The van der Waals surface area contributed by atoms with Crippen LogP contribution in [-0.2, 0) is 28.6 Å². The lowest BCUT2D eigenvalue weighted by Crippen LogP contribution is -2.30. The van der Waals surface area contributed by atoms with Crippen LogP contribution in [0.3, 0.4) is 0 Å². The van der Waals surface area contributed by atoms with Crippen molar-refractivity contribution in [1.82, 2.24) is 0 Å². The molecule has 0 bridgehead atoms. The van der Waals surface area contributed by atoms with E-state index in [1.165, 1.54) is 64.7 Å². The van der Waals surface area contributed by atoms with Gasteiger partial charge in [0, 0.05) is 12.5 Å². The van der Waals surface area contributed by atoms with Gasteiger partial charge < -0.3 is 14.2 Å². The molecule has 0 saturated carbocycles. The fraction of sp³-hybridized carbons (Fsp3) is 0.808. The molecule has 1 fully saturated rings. The molecule has 2 heterocycles. The van der Waals surface area contributed by atoms with Crippen molar-refractivity contribution in [2.45, 2.75) is 129 Å². The predicted octanol–water partition coefficient (Wildman–Crippen LogP) is 5.81. The maximum Gasteiger partial charge on any atom is 0.334 e. The number of unbranched alkanes of at least 4 members (excludes halogenated alkanes) is 11. The molecule has 4 atom stereocenters. The Balaban J connectivity index is 1.37. The minimum Gasteiger partial charge on any atom is -0.458 e. The number of esters is 3. The first-order chi connectivity index (χ1) is 15.4. The van der Waals surface area contributed by atoms with Crippen molar-refractivity contribution in [2.75, 3.05) is 0 Å². The van der Waals surface area contributed by atoms with Gasteiger partial charge in [0.05, 0.1) is 5.92 Å². The standard InChI is InChI=1S/C26H42O6/c1-19-18-22(25(28)30-19)16-14-12-10-8-6-4-5-7-9-11-13-15-17-23-24(32-21(3)27)20(2)31-26(23)29/h18-20,23-24H,4-17H2,1-3H3/t19-,20-,23+,24-/m1/s1. The third kappa shape index (κ3) is 9.33. The SMILES string of the molecule is CC(=O)O[C@H]1[C@H](CCCCCCCCCCCCCCC2=C[C@@H](C)OC2=O)C(=O)O[C@@H]1C. The molecule has 2 aliphatic heterocycles. The molecule has 2 aliphatic rings. The highest BCUT2D eigenvalue weighted by Crippen LogP contribution is 2.29. The summed E-state index contributed by atoms with van der Waals surface area (Å²) in [7, 11) is 0. The Morgan fingerprint density at radius 2 is 1.38 bits per heavy atom. The lowest BCUT2D eigenvalue weighted by atomic mass is 9.94. The van der Waals surface area contributed by atoms with Crippen molar-refractivity contribution in [1.29, 1.82) is 0 Å². The molecular weight excluding hydrogens is 408 g/mol. The van der Waals surface area contributed by atoms with Gasteiger partial charge in [0.2, 0.25) is 0 Å². The van der Waals surface area contributed by atoms with Crippen molar-refractivity contribution in [3.05, 3.63) is 11.6 Å². The molecule has 0 amide bonds. The van der Waals surface area contributed by atoms with Crippen LogP contribution in [-0.4, -0.2) is 36.2 Å². The normalized spacial score (nSPS) is 24.9. The number of carbonyl (C=O) groups is 3.